The molecule has 0 aromatic heterocycles. The lowest BCUT2D eigenvalue weighted by molar-refractivity contribution is -0.143. The summed E-state index contributed by atoms with van der Waals surface area (Å²) in [6.07, 6.45) is 0.844. The second kappa shape index (κ2) is 6.04. The Balaban J connectivity index is 2.43. The highest BCUT2D eigenvalue weighted by atomic mass is 16.6. The summed E-state index contributed by atoms with van der Waals surface area (Å²) < 4.78 is 9.85. The van der Waals surface area contributed by atoms with Gasteiger partial charge in [0.05, 0.1) is 7.11 Å². The molecule has 2 N–H and O–H groups in total. The number of carbonyl (C=O) groups is 2. The van der Waals surface area contributed by atoms with Crippen molar-refractivity contribution in [2.24, 2.45) is 0 Å². The molecule has 1 aliphatic rings. The van der Waals surface area contributed by atoms with Gasteiger partial charge in [-0.05, 0) is 40.2 Å². The van der Waals surface area contributed by atoms with E-state index in [-0.39, 0.29) is 18.1 Å². The Bertz CT molecular complexity index is 312. The van der Waals surface area contributed by atoms with E-state index in [1.807, 2.05) is 20.8 Å². The van der Waals surface area contributed by atoms with E-state index in [4.69, 9.17) is 4.74 Å². The van der Waals surface area contributed by atoms with Crippen LogP contribution in [0.5, 0.6) is 0 Å². The molecule has 6 heteroatoms. The Kier molecular flexibility index (Phi) is 4.95. The van der Waals surface area contributed by atoms with Crippen molar-refractivity contribution in [2.45, 2.75) is 51.3 Å². The fourth-order valence-corrected chi connectivity index (χ4v) is 1.84. The van der Waals surface area contributed by atoms with Gasteiger partial charge >= 0.3 is 12.1 Å². The Labute approximate surface area is 107 Å². The smallest absolute Gasteiger partial charge is 0.407 e. The fourth-order valence-electron chi connectivity index (χ4n) is 1.84. The summed E-state index contributed by atoms with van der Waals surface area (Å²) in [6.45, 7) is 6.10. The zero-order chi connectivity index (χ0) is 13.8. The van der Waals surface area contributed by atoms with E-state index in [2.05, 4.69) is 15.4 Å². The third-order valence-corrected chi connectivity index (χ3v) is 2.61. The first-order chi connectivity index (χ1) is 8.31. The molecule has 0 saturated carbocycles. The second-order valence-corrected chi connectivity index (χ2v) is 5.40. The minimum atomic E-state index is -0.515. The van der Waals surface area contributed by atoms with Crippen LogP contribution >= 0.6 is 0 Å². The molecule has 2 atom stereocenters. The molecule has 0 bridgehead atoms. The average Bonchev–Trinajstić information content (AvgIpc) is 2.25. The van der Waals surface area contributed by atoms with Crippen LogP contribution in [0.1, 0.15) is 33.6 Å². The van der Waals surface area contributed by atoms with Crippen LogP contribution in [0.25, 0.3) is 0 Å². The number of piperidine rings is 1. The minimum Gasteiger partial charge on any atom is -0.468 e. The van der Waals surface area contributed by atoms with Gasteiger partial charge in [-0.3, -0.25) is 4.79 Å². The molecule has 6 nitrogen and oxygen atoms in total. The lowest BCUT2D eigenvalue weighted by atomic mass is 10.00. The van der Waals surface area contributed by atoms with Gasteiger partial charge in [-0.1, -0.05) is 0 Å². The van der Waals surface area contributed by atoms with Gasteiger partial charge in [0, 0.05) is 6.04 Å². The van der Waals surface area contributed by atoms with Crippen molar-refractivity contribution in [2.75, 3.05) is 13.7 Å². The van der Waals surface area contributed by atoms with Crippen molar-refractivity contribution in [1.29, 1.82) is 0 Å². The monoisotopic (exact) mass is 258 g/mol. The lowest BCUT2D eigenvalue weighted by Crippen LogP contribution is -2.51. The number of ether oxygens (including phenoxy) is 2. The predicted molar refractivity (Wildman–Crippen MR) is 66.2 cm³/mol. The molecule has 1 amide bonds. The number of hydrogen-bond donors (Lipinski definition) is 2. The highest BCUT2D eigenvalue weighted by molar-refractivity contribution is 5.76. The Morgan fingerprint density at radius 3 is 2.56 bits per heavy atom. The standard InChI is InChI=1S/C12H22N2O4/c1-12(2,3)18-11(16)14-8-5-6-13-9(7-8)10(15)17-4/h8-9,13H,5-7H2,1-4H3,(H,14,16)/t8-,9-/m1/s1. The quantitative estimate of drug-likeness (QED) is 0.717. The number of hydrogen-bond acceptors (Lipinski definition) is 5. The van der Waals surface area contributed by atoms with Gasteiger partial charge < -0.3 is 20.1 Å². The van der Waals surface area contributed by atoms with Crippen LogP contribution in [0, 0.1) is 0 Å². The van der Waals surface area contributed by atoms with Crippen LogP contribution in [0.2, 0.25) is 0 Å². The number of amides is 1. The van der Waals surface area contributed by atoms with Gasteiger partial charge in [0.1, 0.15) is 11.6 Å². The van der Waals surface area contributed by atoms with Gasteiger partial charge in [-0.15, -0.1) is 0 Å². The summed E-state index contributed by atoms with van der Waals surface area (Å²) in [5, 5.41) is 5.83. The lowest BCUT2D eigenvalue weighted by Gasteiger charge is -2.30. The summed E-state index contributed by atoms with van der Waals surface area (Å²) in [4.78, 5) is 23.0. The number of rotatable bonds is 2. The number of methoxy groups -OCH3 is 1. The molecule has 0 unspecified atom stereocenters. The molecular weight excluding hydrogens is 236 g/mol. The van der Waals surface area contributed by atoms with Crippen molar-refractivity contribution in [3.8, 4) is 0 Å². The summed E-state index contributed by atoms with van der Waals surface area (Å²) in [5.74, 6) is -0.300. The van der Waals surface area contributed by atoms with Gasteiger partial charge in [-0.25, -0.2) is 4.79 Å². The van der Waals surface area contributed by atoms with E-state index in [0.717, 1.165) is 6.42 Å². The summed E-state index contributed by atoms with van der Waals surface area (Å²) >= 11 is 0. The van der Waals surface area contributed by atoms with Gasteiger partial charge in [0.15, 0.2) is 0 Å². The average molecular weight is 258 g/mol. The van der Waals surface area contributed by atoms with E-state index in [1.54, 1.807) is 0 Å². The van der Waals surface area contributed by atoms with Crippen LogP contribution in [0.3, 0.4) is 0 Å². The molecule has 0 aromatic rings. The van der Waals surface area contributed by atoms with Gasteiger partial charge in [-0.2, -0.15) is 0 Å². The normalized spacial score (nSPS) is 24.2. The third-order valence-electron chi connectivity index (χ3n) is 2.61. The summed E-state index contributed by atoms with van der Waals surface area (Å²) in [7, 11) is 1.36. The number of esters is 1. The largest absolute Gasteiger partial charge is 0.468 e. The topological polar surface area (TPSA) is 76.7 Å². The number of carbonyl (C=O) groups excluding carboxylic acids is 2. The third kappa shape index (κ3) is 4.91. The first-order valence-electron chi connectivity index (χ1n) is 6.12. The van der Waals surface area contributed by atoms with E-state index in [1.165, 1.54) is 7.11 Å². The summed E-state index contributed by atoms with van der Waals surface area (Å²) in [6, 6.07) is -0.422. The molecule has 0 radical (unpaired) electrons. The van der Waals surface area contributed by atoms with E-state index < -0.39 is 11.7 Å². The maximum Gasteiger partial charge on any atom is 0.407 e. The molecule has 0 aromatic carbocycles. The highest BCUT2D eigenvalue weighted by Crippen LogP contribution is 2.12. The molecule has 1 heterocycles. The Morgan fingerprint density at radius 1 is 1.33 bits per heavy atom. The van der Waals surface area contributed by atoms with Crippen molar-refractivity contribution in [3.05, 3.63) is 0 Å². The van der Waals surface area contributed by atoms with Crippen LogP contribution in [-0.2, 0) is 14.3 Å². The maximum atomic E-state index is 11.6. The molecule has 1 saturated heterocycles. The highest BCUT2D eigenvalue weighted by Gasteiger charge is 2.29. The summed E-state index contributed by atoms with van der Waals surface area (Å²) in [5.41, 5.74) is -0.515. The minimum absolute atomic E-state index is 0.0646. The zero-order valence-electron chi connectivity index (χ0n) is 11.4. The molecule has 104 valence electrons. The van der Waals surface area contributed by atoms with E-state index in [9.17, 15) is 9.59 Å². The maximum absolute atomic E-state index is 11.6. The van der Waals surface area contributed by atoms with Crippen molar-refractivity contribution in [1.82, 2.24) is 10.6 Å². The Hall–Kier alpha value is -1.30. The van der Waals surface area contributed by atoms with E-state index in [0.29, 0.717) is 13.0 Å². The predicted octanol–water partition coefficient (Wildman–Crippen LogP) is 0.805. The van der Waals surface area contributed by atoms with Crippen LogP contribution in [-0.4, -0.2) is 43.4 Å². The SMILES string of the molecule is COC(=O)[C@H]1C[C@H](NC(=O)OC(C)(C)C)CCN1. The number of nitrogens with one attached hydrogen (secondary N) is 2. The molecular formula is C12H22N2O4. The van der Waals surface area contributed by atoms with Gasteiger partial charge in [0.2, 0.25) is 0 Å². The van der Waals surface area contributed by atoms with Crippen molar-refractivity contribution < 1.29 is 19.1 Å². The fraction of sp³-hybridized carbons (Fsp3) is 0.833. The van der Waals surface area contributed by atoms with Crippen LogP contribution < -0.4 is 10.6 Å². The van der Waals surface area contributed by atoms with Crippen LogP contribution in [0.15, 0.2) is 0 Å². The van der Waals surface area contributed by atoms with Crippen molar-refractivity contribution in [3.63, 3.8) is 0 Å². The van der Waals surface area contributed by atoms with Crippen LogP contribution in [0.4, 0.5) is 4.79 Å². The molecule has 0 spiro atoms. The molecule has 18 heavy (non-hydrogen) atoms. The Morgan fingerprint density at radius 2 is 2.00 bits per heavy atom. The molecule has 1 rings (SSSR count). The molecule has 1 fully saturated rings. The van der Waals surface area contributed by atoms with Crippen molar-refractivity contribution >= 4 is 12.1 Å². The second-order valence-electron chi connectivity index (χ2n) is 5.40. The first kappa shape index (κ1) is 14.8. The first-order valence-corrected chi connectivity index (χ1v) is 6.12. The zero-order valence-corrected chi connectivity index (χ0v) is 11.4. The number of alkyl carbamates (subject to hydrolysis) is 1. The van der Waals surface area contributed by atoms with Gasteiger partial charge in [0.25, 0.3) is 0 Å². The molecule has 0 aliphatic carbocycles. The van der Waals surface area contributed by atoms with E-state index >= 15 is 0 Å². The molecule has 1 aliphatic heterocycles.